The summed E-state index contributed by atoms with van der Waals surface area (Å²) in [4.78, 5) is 12.4. The van der Waals surface area contributed by atoms with Gasteiger partial charge in [-0.1, -0.05) is 33.6 Å². The van der Waals surface area contributed by atoms with Gasteiger partial charge in [0.25, 0.3) is 5.91 Å². The maximum atomic E-state index is 15.4. The first-order valence-corrected chi connectivity index (χ1v) is 15.3. The Bertz CT molecular complexity index is 1410. The second-order valence-corrected chi connectivity index (χ2v) is 13.7. The Morgan fingerprint density at radius 3 is 2.39 bits per heavy atom. The predicted octanol–water partition coefficient (Wildman–Crippen LogP) is 4.46. The molecule has 0 unspecified atom stereocenters. The van der Waals surface area contributed by atoms with E-state index in [4.69, 9.17) is 11.6 Å². The highest BCUT2D eigenvalue weighted by Gasteiger charge is 2.45. The van der Waals surface area contributed by atoms with Gasteiger partial charge >= 0.3 is 0 Å². The molecule has 0 spiro atoms. The fourth-order valence-electron chi connectivity index (χ4n) is 3.73. The average Bonchev–Trinajstić information content (AvgIpc) is 2.79. The standard InChI is InChI=1S/C23H24BrClF2N2O5S2/c1-15(7-12-35(2,31)32)28-22(30)23(27)8-10-29(11-9-23)36(33,34)21-6-3-16(24)13-19(21)18-14-17(26)4-5-20(18)25/h3-7,12-15H,8-11H2,1-2H3,(H,28,30)/b12-7-/t15-/m1/s1. The van der Waals surface area contributed by atoms with Gasteiger partial charge in [-0.2, -0.15) is 4.31 Å². The molecule has 3 rings (SSSR count). The van der Waals surface area contributed by atoms with Crippen LogP contribution in [-0.4, -0.2) is 58.1 Å². The Labute approximate surface area is 222 Å². The number of rotatable bonds is 7. The molecule has 13 heteroatoms. The third-order valence-electron chi connectivity index (χ3n) is 5.67. The first kappa shape index (κ1) is 28.7. The van der Waals surface area contributed by atoms with Gasteiger partial charge in [0.1, 0.15) is 5.82 Å². The largest absolute Gasteiger partial charge is 0.347 e. The maximum absolute atomic E-state index is 15.4. The van der Waals surface area contributed by atoms with Crippen LogP contribution < -0.4 is 5.32 Å². The molecule has 1 aliphatic heterocycles. The molecule has 7 nitrogen and oxygen atoms in total. The number of hydrogen-bond donors (Lipinski definition) is 1. The molecule has 1 N–H and O–H groups in total. The monoisotopic (exact) mass is 624 g/mol. The summed E-state index contributed by atoms with van der Waals surface area (Å²) in [6.45, 7) is 0.952. The number of nitrogens with one attached hydrogen (secondary N) is 1. The highest BCUT2D eigenvalue weighted by Crippen LogP contribution is 2.38. The van der Waals surface area contributed by atoms with Crippen molar-refractivity contribution >= 4 is 53.3 Å². The number of hydrogen-bond acceptors (Lipinski definition) is 5. The first-order chi connectivity index (χ1) is 16.6. The number of piperidine rings is 1. The van der Waals surface area contributed by atoms with Crippen molar-refractivity contribution < 1.29 is 30.4 Å². The molecule has 1 amide bonds. The van der Waals surface area contributed by atoms with E-state index in [-0.39, 0.29) is 34.1 Å². The van der Waals surface area contributed by atoms with Crippen molar-refractivity contribution in [2.45, 2.75) is 36.4 Å². The molecule has 36 heavy (non-hydrogen) atoms. The summed E-state index contributed by atoms with van der Waals surface area (Å²) in [5, 5.41) is 3.48. The highest BCUT2D eigenvalue weighted by molar-refractivity contribution is 9.10. The third kappa shape index (κ3) is 6.71. The van der Waals surface area contributed by atoms with Crippen LogP contribution in [-0.2, 0) is 24.7 Å². The van der Waals surface area contributed by atoms with E-state index in [0.29, 0.717) is 4.47 Å². The number of carbonyl (C=O) groups is 1. The summed E-state index contributed by atoms with van der Waals surface area (Å²) in [5.41, 5.74) is -1.97. The Balaban J connectivity index is 1.82. The van der Waals surface area contributed by atoms with E-state index in [1.165, 1.54) is 37.3 Å². The molecule has 1 fully saturated rings. The summed E-state index contributed by atoms with van der Waals surface area (Å²) in [5.74, 6) is -1.54. The van der Waals surface area contributed by atoms with Crippen LogP contribution in [0.5, 0.6) is 0 Å². The van der Waals surface area contributed by atoms with E-state index < -0.39 is 56.1 Å². The maximum Gasteiger partial charge on any atom is 0.258 e. The average molecular weight is 626 g/mol. The van der Waals surface area contributed by atoms with Crippen molar-refractivity contribution in [3.8, 4) is 11.1 Å². The van der Waals surface area contributed by atoms with Crippen LogP contribution in [0.25, 0.3) is 11.1 Å². The zero-order chi connectivity index (χ0) is 26.9. The van der Waals surface area contributed by atoms with Crippen LogP contribution in [0.2, 0.25) is 5.02 Å². The molecule has 1 atom stereocenters. The second kappa shape index (κ2) is 10.9. The van der Waals surface area contributed by atoms with Gasteiger partial charge in [0.05, 0.1) is 4.90 Å². The lowest BCUT2D eigenvalue weighted by molar-refractivity contribution is -0.135. The van der Waals surface area contributed by atoms with Gasteiger partial charge in [0.15, 0.2) is 15.5 Å². The molecular weight excluding hydrogens is 602 g/mol. The summed E-state index contributed by atoms with van der Waals surface area (Å²) < 4.78 is 80.5. The van der Waals surface area contributed by atoms with Gasteiger partial charge in [0.2, 0.25) is 10.0 Å². The molecular formula is C23H24BrClF2N2O5S2. The van der Waals surface area contributed by atoms with Crippen LogP contribution in [0.1, 0.15) is 19.8 Å². The highest BCUT2D eigenvalue weighted by atomic mass is 79.9. The minimum atomic E-state index is -4.16. The van der Waals surface area contributed by atoms with E-state index in [1.807, 2.05) is 0 Å². The fraction of sp³-hybridized carbons (Fsp3) is 0.348. The van der Waals surface area contributed by atoms with Gasteiger partial charge in [-0.15, -0.1) is 0 Å². The zero-order valence-corrected chi connectivity index (χ0v) is 23.3. The molecule has 1 heterocycles. The SMILES string of the molecule is C[C@H](/C=C\S(C)(=O)=O)NC(=O)C1(F)CCN(S(=O)(=O)c2ccc(Br)cc2-c2cc(F)ccc2Cl)CC1. The molecule has 0 bridgehead atoms. The van der Waals surface area contributed by atoms with E-state index in [9.17, 15) is 26.0 Å². The number of nitrogens with zero attached hydrogens (tertiary/aromatic N) is 1. The van der Waals surface area contributed by atoms with Crippen LogP contribution in [0.4, 0.5) is 8.78 Å². The Hall–Kier alpha value is -1.86. The van der Waals surface area contributed by atoms with Gasteiger partial charge < -0.3 is 5.32 Å². The van der Waals surface area contributed by atoms with Crippen molar-refractivity contribution in [3.05, 3.63) is 63.2 Å². The summed E-state index contributed by atoms with van der Waals surface area (Å²) in [6, 6.07) is 7.26. The van der Waals surface area contributed by atoms with Gasteiger partial charge in [-0.25, -0.2) is 25.6 Å². The zero-order valence-electron chi connectivity index (χ0n) is 19.3. The molecule has 1 aliphatic rings. The molecule has 2 aromatic rings. The number of sulfonamides is 1. The van der Waals surface area contributed by atoms with E-state index in [1.54, 1.807) is 0 Å². The Kier molecular flexibility index (Phi) is 8.66. The number of alkyl halides is 1. The van der Waals surface area contributed by atoms with Gasteiger partial charge in [-0.05, 0) is 43.3 Å². The predicted molar refractivity (Wildman–Crippen MR) is 138 cm³/mol. The van der Waals surface area contributed by atoms with Gasteiger partial charge in [0, 0.05) is 64.3 Å². The molecule has 0 radical (unpaired) electrons. The van der Waals surface area contributed by atoms with Gasteiger partial charge in [-0.3, -0.25) is 4.79 Å². The molecule has 0 aliphatic carbocycles. The van der Waals surface area contributed by atoms with Crippen molar-refractivity contribution in [1.82, 2.24) is 9.62 Å². The summed E-state index contributed by atoms with van der Waals surface area (Å²) in [7, 11) is -7.56. The minimum absolute atomic E-state index is 0.131. The van der Waals surface area contributed by atoms with Crippen LogP contribution >= 0.6 is 27.5 Å². The summed E-state index contributed by atoms with van der Waals surface area (Å²) in [6.07, 6.45) is 1.42. The Morgan fingerprint density at radius 1 is 1.14 bits per heavy atom. The number of halogens is 4. The van der Waals surface area contributed by atoms with Crippen LogP contribution in [0.15, 0.2) is 57.3 Å². The number of benzene rings is 2. The number of carbonyl (C=O) groups excluding carboxylic acids is 1. The van der Waals surface area contributed by atoms with E-state index in [0.717, 1.165) is 28.1 Å². The summed E-state index contributed by atoms with van der Waals surface area (Å²) >= 11 is 9.52. The third-order valence-corrected chi connectivity index (χ3v) is 9.10. The lowest BCUT2D eigenvalue weighted by atomic mass is 9.93. The quantitative estimate of drug-likeness (QED) is 0.490. The first-order valence-electron chi connectivity index (χ1n) is 10.8. The number of sulfone groups is 1. The molecule has 0 aromatic heterocycles. The fourth-order valence-corrected chi connectivity index (χ4v) is 6.46. The molecule has 2 aromatic carbocycles. The minimum Gasteiger partial charge on any atom is -0.347 e. The molecule has 196 valence electrons. The lowest BCUT2D eigenvalue weighted by Gasteiger charge is -2.35. The number of amides is 1. The topological polar surface area (TPSA) is 101 Å². The lowest BCUT2D eigenvalue weighted by Crippen LogP contribution is -2.53. The molecule has 1 saturated heterocycles. The van der Waals surface area contributed by atoms with Crippen LogP contribution in [0.3, 0.4) is 0 Å². The van der Waals surface area contributed by atoms with Crippen molar-refractivity contribution in [1.29, 1.82) is 0 Å². The normalized spacial score (nSPS) is 17.7. The van der Waals surface area contributed by atoms with Crippen molar-refractivity contribution in [2.75, 3.05) is 19.3 Å². The Morgan fingerprint density at radius 2 is 1.78 bits per heavy atom. The van der Waals surface area contributed by atoms with E-state index >= 15 is 4.39 Å². The van der Waals surface area contributed by atoms with E-state index in [2.05, 4.69) is 21.2 Å². The van der Waals surface area contributed by atoms with Crippen molar-refractivity contribution in [2.24, 2.45) is 0 Å². The van der Waals surface area contributed by atoms with Crippen molar-refractivity contribution in [3.63, 3.8) is 0 Å². The molecule has 0 saturated carbocycles. The second-order valence-electron chi connectivity index (χ2n) is 8.55. The smallest absolute Gasteiger partial charge is 0.258 e. The van der Waals surface area contributed by atoms with Crippen LogP contribution in [0, 0.1) is 5.82 Å².